The minimum Gasteiger partial charge on any atom is -0.403 e. The lowest BCUT2D eigenvalue weighted by molar-refractivity contribution is -0.275. The van der Waals surface area contributed by atoms with Gasteiger partial charge < -0.3 is 4.74 Å². The van der Waals surface area contributed by atoms with Gasteiger partial charge in [-0.2, -0.15) is 0 Å². The highest BCUT2D eigenvalue weighted by Gasteiger charge is 2.32. The zero-order valence-corrected chi connectivity index (χ0v) is 17.3. The largest absolute Gasteiger partial charge is 0.573 e. The Labute approximate surface area is 175 Å². The number of hydrogen-bond donors (Lipinski definition) is 0. The third kappa shape index (κ3) is 6.91. The first kappa shape index (κ1) is 22.5. The van der Waals surface area contributed by atoms with Gasteiger partial charge >= 0.3 is 6.36 Å². The van der Waals surface area contributed by atoms with Crippen molar-refractivity contribution >= 4 is 11.6 Å². The molecule has 1 aromatic carbocycles. The molecule has 6 heteroatoms. The van der Waals surface area contributed by atoms with E-state index in [1.807, 2.05) is 0 Å². The Kier molecular flexibility index (Phi) is 7.89. The molecule has 3 rings (SSSR count). The molecule has 2 aliphatic rings. The van der Waals surface area contributed by atoms with Crippen LogP contribution in [0.1, 0.15) is 63.4 Å². The van der Waals surface area contributed by atoms with Crippen molar-refractivity contribution in [2.75, 3.05) is 0 Å². The fourth-order valence-electron chi connectivity index (χ4n) is 5.14. The van der Waals surface area contributed by atoms with Gasteiger partial charge in [0.05, 0.1) is 0 Å². The van der Waals surface area contributed by atoms with E-state index < -0.39 is 17.9 Å². The predicted molar refractivity (Wildman–Crippen MR) is 107 cm³/mol. The van der Waals surface area contributed by atoms with Crippen molar-refractivity contribution in [3.05, 3.63) is 41.2 Å². The molecule has 0 spiro atoms. The maximum absolute atomic E-state index is 13.8. The van der Waals surface area contributed by atoms with Gasteiger partial charge in [-0.1, -0.05) is 36.6 Å². The highest BCUT2D eigenvalue weighted by molar-refractivity contribution is 6.25. The van der Waals surface area contributed by atoms with Gasteiger partial charge in [-0.05, 0) is 92.7 Å². The molecule has 0 aliphatic heterocycles. The van der Waals surface area contributed by atoms with Crippen LogP contribution in [0.25, 0.3) is 0 Å². The van der Waals surface area contributed by atoms with E-state index in [0.29, 0.717) is 18.3 Å². The number of allylic oxidation sites excluding steroid dienone is 1. The lowest BCUT2D eigenvalue weighted by Gasteiger charge is -2.37. The molecule has 0 unspecified atom stereocenters. The van der Waals surface area contributed by atoms with Crippen LogP contribution >= 0.6 is 11.6 Å². The van der Waals surface area contributed by atoms with Crippen LogP contribution in [-0.2, 0) is 6.42 Å². The van der Waals surface area contributed by atoms with Crippen LogP contribution in [0.2, 0.25) is 0 Å². The normalized spacial score (nSPS) is 28.6. The summed E-state index contributed by atoms with van der Waals surface area (Å²) >= 11 is 5.70. The first-order chi connectivity index (χ1) is 13.8. The summed E-state index contributed by atoms with van der Waals surface area (Å²) in [6.45, 7) is 0. The van der Waals surface area contributed by atoms with Crippen molar-refractivity contribution in [2.24, 2.45) is 23.7 Å². The maximum atomic E-state index is 13.8. The first-order valence-electron chi connectivity index (χ1n) is 10.6. The van der Waals surface area contributed by atoms with Crippen molar-refractivity contribution in [3.8, 4) is 5.75 Å². The molecular formula is C23H29ClF4O. The van der Waals surface area contributed by atoms with E-state index in [9.17, 15) is 17.6 Å². The Morgan fingerprint density at radius 1 is 0.966 bits per heavy atom. The average molecular weight is 433 g/mol. The van der Waals surface area contributed by atoms with Gasteiger partial charge in [0.15, 0.2) is 11.6 Å². The molecule has 0 radical (unpaired) electrons. The van der Waals surface area contributed by atoms with E-state index in [2.05, 4.69) is 10.8 Å². The molecule has 0 bridgehead atoms. The van der Waals surface area contributed by atoms with Gasteiger partial charge in [-0.25, -0.2) is 4.39 Å². The van der Waals surface area contributed by atoms with E-state index in [-0.39, 0.29) is 0 Å². The molecule has 0 atom stereocenters. The molecule has 29 heavy (non-hydrogen) atoms. The van der Waals surface area contributed by atoms with Crippen molar-refractivity contribution in [3.63, 3.8) is 0 Å². The Bertz CT molecular complexity index is 672. The second-order valence-electron chi connectivity index (χ2n) is 8.63. The standard InChI is InChI=1S/C23H29ClF4O/c24-14-13-17-5-10-20(11-6-17)19-8-3-16(4-9-19)1-2-18-7-12-22(21(25)15-18)29-23(26,27)28/h7,12-17,19-20H,1-6,8-11H2. The number of rotatable bonds is 6. The van der Waals surface area contributed by atoms with Crippen molar-refractivity contribution in [1.82, 2.24) is 0 Å². The third-order valence-corrected chi connectivity index (χ3v) is 6.93. The van der Waals surface area contributed by atoms with Crippen molar-refractivity contribution < 1.29 is 22.3 Å². The number of alkyl halides is 3. The zero-order valence-electron chi connectivity index (χ0n) is 16.6. The van der Waals surface area contributed by atoms with Crippen LogP contribution in [-0.4, -0.2) is 6.36 Å². The molecule has 0 amide bonds. The smallest absolute Gasteiger partial charge is 0.403 e. The molecule has 0 saturated heterocycles. The summed E-state index contributed by atoms with van der Waals surface area (Å²) in [5.41, 5.74) is 2.38. The van der Waals surface area contributed by atoms with Crippen molar-refractivity contribution in [2.45, 2.75) is 70.6 Å². The molecule has 162 valence electrons. The summed E-state index contributed by atoms with van der Waals surface area (Å²) < 4.78 is 54.2. The molecule has 1 nitrogen and oxygen atoms in total. The van der Waals surface area contributed by atoms with Gasteiger partial charge in [-0.3, -0.25) is 0 Å². The molecule has 0 heterocycles. The molecular weight excluding hydrogens is 404 g/mol. The van der Waals surface area contributed by atoms with Crippen LogP contribution in [0.4, 0.5) is 17.6 Å². The number of benzene rings is 1. The highest BCUT2D eigenvalue weighted by Crippen LogP contribution is 2.42. The van der Waals surface area contributed by atoms with Gasteiger partial charge in [0.1, 0.15) is 0 Å². The molecule has 2 aliphatic carbocycles. The molecule has 0 N–H and O–H groups in total. The zero-order chi connectivity index (χ0) is 20.9. The van der Waals surface area contributed by atoms with Gasteiger partial charge in [0.25, 0.3) is 0 Å². The molecule has 2 fully saturated rings. The average Bonchev–Trinajstić information content (AvgIpc) is 2.69. The van der Waals surface area contributed by atoms with E-state index in [4.69, 9.17) is 11.6 Å². The quantitative estimate of drug-likeness (QED) is 0.413. The van der Waals surface area contributed by atoms with Gasteiger partial charge in [-0.15, -0.1) is 13.2 Å². The Balaban J connectivity index is 1.41. The summed E-state index contributed by atoms with van der Waals surface area (Å²) in [4.78, 5) is 0. The highest BCUT2D eigenvalue weighted by atomic mass is 35.5. The Morgan fingerprint density at radius 3 is 2.14 bits per heavy atom. The topological polar surface area (TPSA) is 9.23 Å². The number of ether oxygens (including phenoxy) is 1. The molecule has 1 aromatic rings. The second kappa shape index (κ2) is 10.2. The Morgan fingerprint density at radius 2 is 1.59 bits per heavy atom. The van der Waals surface area contributed by atoms with Crippen molar-refractivity contribution in [1.29, 1.82) is 0 Å². The number of aryl methyl sites for hydroxylation is 1. The molecule has 0 aromatic heterocycles. The SMILES string of the molecule is Fc1cc(CCC2CCC(C3CCC(C=CCl)CC3)CC2)ccc1OC(F)(F)F. The third-order valence-electron chi connectivity index (χ3n) is 6.78. The van der Waals surface area contributed by atoms with E-state index in [0.717, 1.165) is 29.9 Å². The minimum absolute atomic E-state index is 0.621. The van der Waals surface area contributed by atoms with E-state index in [1.54, 1.807) is 5.54 Å². The van der Waals surface area contributed by atoms with Gasteiger partial charge in [0.2, 0.25) is 0 Å². The summed E-state index contributed by atoms with van der Waals surface area (Å²) in [6.07, 6.45) is 8.90. The lowest BCUT2D eigenvalue weighted by Crippen LogP contribution is -2.25. The summed E-state index contributed by atoms with van der Waals surface area (Å²) in [6, 6.07) is 3.77. The summed E-state index contributed by atoms with van der Waals surface area (Å²) in [5.74, 6) is 1.21. The fraction of sp³-hybridized carbons (Fsp3) is 0.652. The van der Waals surface area contributed by atoms with Crippen LogP contribution in [0.15, 0.2) is 29.8 Å². The Hall–Kier alpha value is -1.23. The summed E-state index contributed by atoms with van der Waals surface area (Å²) in [7, 11) is 0. The van der Waals surface area contributed by atoms with Crippen LogP contribution in [0.3, 0.4) is 0 Å². The van der Waals surface area contributed by atoms with Crippen LogP contribution < -0.4 is 4.74 Å². The van der Waals surface area contributed by atoms with Crippen LogP contribution in [0, 0.1) is 29.5 Å². The first-order valence-corrected chi connectivity index (χ1v) is 11.1. The van der Waals surface area contributed by atoms with E-state index >= 15 is 0 Å². The lowest BCUT2D eigenvalue weighted by atomic mass is 9.68. The number of halogens is 5. The fourth-order valence-corrected chi connectivity index (χ4v) is 5.34. The van der Waals surface area contributed by atoms with Crippen LogP contribution in [0.5, 0.6) is 5.75 Å². The second-order valence-corrected chi connectivity index (χ2v) is 8.88. The maximum Gasteiger partial charge on any atom is 0.573 e. The number of hydrogen-bond acceptors (Lipinski definition) is 1. The monoisotopic (exact) mass is 432 g/mol. The minimum atomic E-state index is -4.87. The molecule has 2 saturated carbocycles. The van der Waals surface area contributed by atoms with Gasteiger partial charge in [0, 0.05) is 5.54 Å². The van der Waals surface area contributed by atoms with E-state index in [1.165, 1.54) is 63.5 Å². The summed E-state index contributed by atoms with van der Waals surface area (Å²) in [5, 5.41) is 0. The predicted octanol–water partition coefficient (Wildman–Crippen LogP) is 8.02.